The molecule has 0 radical (unpaired) electrons. The third-order valence-corrected chi connectivity index (χ3v) is 2.80. The Bertz CT molecular complexity index is 614. The van der Waals surface area contributed by atoms with Gasteiger partial charge in [-0.15, -0.1) is 0 Å². The molecular weight excluding hydrogens is 281 g/mol. The number of ketones is 1. The van der Waals surface area contributed by atoms with Crippen molar-refractivity contribution in [2.75, 3.05) is 0 Å². The van der Waals surface area contributed by atoms with E-state index in [0.29, 0.717) is 16.7 Å². The zero-order valence-corrected chi connectivity index (χ0v) is 14.2. The molecule has 0 aliphatic rings. The van der Waals surface area contributed by atoms with Crippen LogP contribution in [0.2, 0.25) is 0 Å². The van der Waals surface area contributed by atoms with Crippen molar-refractivity contribution in [2.45, 2.75) is 6.04 Å². The Kier molecular flexibility index (Phi) is 6.74. The minimum Gasteiger partial charge on any atom is -0.548 e. The Morgan fingerprint density at radius 1 is 0.950 bits per heavy atom. The van der Waals surface area contributed by atoms with Crippen molar-refractivity contribution in [1.82, 2.24) is 0 Å². The zero-order chi connectivity index (χ0) is 13.8. The van der Waals surface area contributed by atoms with Gasteiger partial charge in [0.1, 0.15) is 0 Å². The van der Waals surface area contributed by atoms with Gasteiger partial charge in [0.25, 0.3) is 0 Å². The van der Waals surface area contributed by atoms with E-state index in [4.69, 9.17) is 5.73 Å². The molecule has 0 saturated carbocycles. The fraction of sp³-hybridized carbons (Fsp3) is 0.0667. The van der Waals surface area contributed by atoms with E-state index < -0.39 is 12.0 Å². The van der Waals surface area contributed by atoms with Crippen LogP contribution >= 0.6 is 0 Å². The molecule has 2 aromatic carbocycles. The Balaban J connectivity index is 0.00000200. The van der Waals surface area contributed by atoms with E-state index >= 15 is 0 Å². The minimum atomic E-state index is -1.37. The molecule has 0 aliphatic heterocycles. The summed E-state index contributed by atoms with van der Waals surface area (Å²) in [4.78, 5) is 22.9. The van der Waals surface area contributed by atoms with E-state index in [1.807, 2.05) is 6.07 Å². The summed E-state index contributed by atoms with van der Waals surface area (Å²) in [6.45, 7) is 0. The van der Waals surface area contributed by atoms with Gasteiger partial charge in [0, 0.05) is 11.1 Å². The van der Waals surface area contributed by atoms with Crippen LogP contribution in [0, 0.1) is 0 Å². The van der Waals surface area contributed by atoms with E-state index in [1.54, 1.807) is 42.5 Å². The second-order valence-corrected chi connectivity index (χ2v) is 4.12. The number of nitrogens with two attached hydrogens (primary N) is 1. The van der Waals surface area contributed by atoms with Crippen LogP contribution in [0.15, 0.2) is 54.6 Å². The van der Waals surface area contributed by atoms with Crippen molar-refractivity contribution in [1.29, 1.82) is 0 Å². The van der Waals surface area contributed by atoms with Gasteiger partial charge >= 0.3 is 51.4 Å². The van der Waals surface area contributed by atoms with Crippen molar-refractivity contribution in [3.63, 3.8) is 0 Å². The van der Waals surface area contributed by atoms with Crippen LogP contribution in [0.5, 0.6) is 0 Å². The Morgan fingerprint density at radius 2 is 1.55 bits per heavy atom. The molecule has 1 unspecified atom stereocenters. The molecule has 0 heterocycles. The van der Waals surface area contributed by atoms with Gasteiger partial charge in [0.05, 0.1) is 12.0 Å². The van der Waals surface area contributed by atoms with Crippen LogP contribution in [0.1, 0.15) is 27.5 Å². The van der Waals surface area contributed by atoms with Crippen LogP contribution in [-0.4, -0.2) is 11.8 Å². The second-order valence-electron chi connectivity index (χ2n) is 4.12. The molecule has 1 atom stereocenters. The van der Waals surface area contributed by atoms with Crippen LogP contribution in [0.3, 0.4) is 0 Å². The van der Waals surface area contributed by atoms with Crippen molar-refractivity contribution in [3.8, 4) is 0 Å². The fourth-order valence-electron chi connectivity index (χ4n) is 1.77. The van der Waals surface area contributed by atoms with Crippen molar-refractivity contribution in [3.05, 3.63) is 71.3 Å². The van der Waals surface area contributed by atoms with E-state index in [2.05, 4.69) is 0 Å². The molecule has 0 amide bonds. The summed E-state index contributed by atoms with van der Waals surface area (Å²) in [5, 5.41) is 10.7. The number of carboxylic acid groups (broad SMARTS) is 1. The van der Waals surface area contributed by atoms with Crippen molar-refractivity contribution < 1.29 is 66.1 Å². The van der Waals surface area contributed by atoms with Gasteiger partial charge in [-0.05, 0) is 11.6 Å². The van der Waals surface area contributed by atoms with E-state index in [0.717, 1.165) is 0 Å². The Hall–Kier alpha value is -0.824. The summed E-state index contributed by atoms with van der Waals surface area (Å²) in [5.41, 5.74) is 6.77. The van der Waals surface area contributed by atoms with E-state index in [-0.39, 0.29) is 57.2 Å². The molecule has 0 saturated heterocycles. The zero-order valence-electron chi connectivity index (χ0n) is 11.1. The minimum absolute atomic E-state index is 0. The van der Waals surface area contributed by atoms with Crippen LogP contribution in [0.4, 0.5) is 0 Å². The largest absolute Gasteiger partial charge is 1.00 e. The summed E-state index contributed by atoms with van der Waals surface area (Å²) in [7, 11) is 0. The summed E-state index contributed by atoms with van der Waals surface area (Å²) in [6.07, 6.45) is 0. The van der Waals surface area contributed by atoms with E-state index in [9.17, 15) is 14.7 Å². The molecule has 5 heteroatoms. The normalized spacial score (nSPS) is 11.2. The van der Waals surface area contributed by atoms with Gasteiger partial charge in [0.15, 0.2) is 5.78 Å². The van der Waals surface area contributed by atoms with Crippen molar-refractivity contribution >= 4 is 11.8 Å². The number of carbonyl (C=O) groups excluding carboxylic acids is 2. The quantitative estimate of drug-likeness (QED) is 0.506. The first-order chi connectivity index (χ1) is 9.09. The number of carbonyl (C=O) groups is 2. The molecule has 2 rings (SSSR count). The first-order valence-corrected chi connectivity index (χ1v) is 5.76. The maximum atomic E-state index is 12.2. The summed E-state index contributed by atoms with van der Waals surface area (Å²) < 4.78 is 0. The summed E-state index contributed by atoms with van der Waals surface area (Å²) in [6, 6.07) is 13.8. The molecule has 2 N–H and O–H groups in total. The number of aliphatic carboxylic acids is 1. The third-order valence-electron chi connectivity index (χ3n) is 2.80. The summed E-state index contributed by atoms with van der Waals surface area (Å²) in [5.74, 6) is -1.54. The number of hydrogen-bond acceptors (Lipinski definition) is 4. The van der Waals surface area contributed by atoms with Gasteiger partial charge in [-0.3, -0.25) is 4.79 Å². The van der Waals surface area contributed by atoms with Crippen LogP contribution in [0.25, 0.3) is 0 Å². The standard InChI is InChI=1S/C15H13NO3.K/c16-13(15(18)19)11-7-4-8-12(9-11)14(17)10-5-2-1-3-6-10;/h1-9,13H,16H2,(H,18,19);/q;+1/p-1. The number of rotatable bonds is 4. The maximum Gasteiger partial charge on any atom is 1.00 e. The van der Waals surface area contributed by atoms with Crippen LogP contribution in [-0.2, 0) is 4.79 Å². The SMILES string of the molecule is NC(C(=O)[O-])c1cccc(C(=O)c2ccccc2)c1.[K+]. The first-order valence-electron chi connectivity index (χ1n) is 5.76. The van der Waals surface area contributed by atoms with Gasteiger partial charge in [0.2, 0.25) is 0 Å². The molecule has 0 spiro atoms. The maximum absolute atomic E-state index is 12.2. The van der Waals surface area contributed by atoms with Gasteiger partial charge in [-0.25, -0.2) is 0 Å². The molecule has 0 fully saturated rings. The Morgan fingerprint density at radius 3 is 2.15 bits per heavy atom. The molecule has 0 bridgehead atoms. The van der Waals surface area contributed by atoms with Gasteiger partial charge < -0.3 is 15.6 Å². The monoisotopic (exact) mass is 293 g/mol. The fourth-order valence-corrected chi connectivity index (χ4v) is 1.77. The number of carboxylic acids is 1. The average Bonchev–Trinajstić information content (AvgIpc) is 2.46. The topological polar surface area (TPSA) is 83.2 Å². The van der Waals surface area contributed by atoms with Crippen LogP contribution < -0.4 is 62.2 Å². The second kappa shape index (κ2) is 7.83. The van der Waals surface area contributed by atoms with Gasteiger partial charge in [-0.2, -0.15) is 0 Å². The third kappa shape index (κ3) is 4.08. The first kappa shape index (κ1) is 17.2. The number of hydrogen-bond donors (Lipinski definition) is 1. The predicted molar refractivity (Wildman–Crippen MR) is 68.3 cm³/mol. The van der Waals surface area contributed by atoms with Gasteiger partial charge in [-0.1, -0.05) is 48.5 Å². The molecule has 2 aromatic rings. The molecular formula is C15H12KNO3. The summed E-state index contributed by atoms with van der Waals surface area (Å²) >= 11 is 0. The molecule has 0 aromatic heterocycles. The molecule has 20 heavy (non-hydrogen) atoms. The molecule has 0 aliphatic carbocycles. The molecule has 96 valence electrons. The Labute approximate surface area is 159 Å². The predicted octanol–water partition coefficient (Wildman–Crippen LogP) is -2.33. The number of benzene rings is 2. The van der Waals surface area contributed by atoms with E-state index in [1.165, 1.54) is 6.07 Å². The smallest absolute Gasteiger partial charge is 0.548 e. The molecule has 4 nitrogen and oxygen atoms in total. The van der Waals surface area contributed by atoms with Crippen molar-refractivity contribution in [2.24, 2.45) is 5.73 Å². The average molecular weight is 293 g/mol.